The Morgan fingerprint density at radius 3 is 1.73 bits per heavy atom. The van der Waals surface area contributed by atoms with Crippen LogP contribution >= 0.6 is 0 Å². The lowest BCUT2D eigenvalue weighted by Crippen LogP contribution is -2.11. The number of benzene rings is 5. The van der Waals surface area contributed by atoms with E-state index in [1.165, 1.54) is 6.07 Å². The zero-order chi connectivity index (χ0) is 35.3. The molecule has 12 nitrogen and oxygen atoms in total. The number of para-hydroxylation sites is 3. The van der Waals surface area contributed by atoms with Gasteiger partial charge in [0, 0.05) is 28.2 Å². The van der Waals surface area contributed by atoms with Crippen LogP contribution < -0.4 is 15.4 Å². The summed E-state index contributed by atoms with van der Waals surface area (Å²) >= 11 is 0. The molecule has 1 aromatic heterocycles. The second kappa shape index (κ2) is 12.4. The van der Waals surface area contributed by atoms with Crippen LogP contribution in [0, 0.1) is 13.8 Å². The molecule has 0 fully saturated rings. The zero-order valence-corrected chi connectivity index (χ0v) is 28.7. The first-order valence-electron chi connectivity index (χ1n) is 14.6. The maximum absolute atomic E-state index is 12.7. The lowest BCUT2D eigenvalue weighted by atomic mass is 9.96. The number of rotatable bonds is 9. The lowest BCUT2D eigenvalue weighted by Gasteiger charge is -2.14. The fourth-order valence-electron chi connectivity index (χ4n) is 5.61. The number of hydrogen-bond donors (Lipinski definition) is 5. The van der Waals surface area contributed by atoms with Crippen LogP contribution in [0.2, 0.25) is 0 Å². The van der Waals surface area contributed by atoms with Gasteiger partial charge < -0.3 is 10.6 Å². The molecule has 0 bridgehead atoms. The van der Waals surface area contributed by atoms with E-state index in [1.807, 2.05) is 32.0 Å². The van der Waals surface area contributed by atoms with Gasteiger partial charge in [0.15, 0.2) is 0 Å². The van der Waals surface area contributed by atoms with Crippen molar-refractivity contribution < 1.29 is 38.8 Å². The van der Waals surface area contributed by atoms with E-state index in [0.717, 1.165) is 29.1 Å². The van der Waals surface area contributed by atoms with Crippen LogP contribution in [0.1, 0.15) is 11.1 Å². The maximum atomic E-state index is 12.7. The number of fused-ring (bicyclic) bond motifs is 2. The van der Waals surface area contributed by atoms with Crippen LogP contribution in [0.25, 0.3) is 33.1 Å². The van der Waals surface area contributed by atoms with Crippen LogP contribution in [-0.4, -0.2) is 40.6 Å². The largest absolute Gasteiger partial charge is 0.363 e. The van der Waals surface area contributed by atoms with E-state index in [9.17, 15) is 34.4 Å². The van der Waals surface area contributed by atoms with Gasteiger partial charge in [-0.2, -0.15) is 16.8 Å². The first-order chi connectivity index (χ1) is 23.0. The predicted molar refractivity (Wildman–Crippen MR) is 191 cm³/mol. The molecule has 0 aliphatic rings. The van der Waals surface area contributed by atoms with Crippen LogP contribution in [0.15, 0.2) is 111 Å². The third kappa shape index (κ3) is 7.21. The molecule has 252 valence electrons. The van der Waals surface area contributed by atoms with Gasteiger partial charge in [0.1, 0.15) is 4.90 Å². The molecule has 0 saturated carbocycles. The van der Waals surface area contributed by atoms with Gasteiger partial charge in [0.05, 0.1) is 45.4 Å². The van der Waals surface area contributed by atoms with Crippen molar-refractivity contribution in [3.63, 3.8) is 0 Å². The fraction of sp³-hybridized carbons (Fsp3) is 0.0882. The number of hydrogen-bond acceptors (Lipinski definition) is 8. The van der Waals surface area contributed by atoms with Crippen LogP contribution in [0.3, 0.4) is 0 Å². The van der Waals surface area contributed by atoms with Crippen LogP contribution in [-0.2, 0) is 30.3 Å². The monoisotopic (exact) mass is 720 g/mol. The Morgan fingerprint density at radius 1 is 0.612 bits per heavy atom. The summed E-state index contributed by atoms with van der Waals surface area (Å²) < 4.78 is 102. The van der Waals surface area contributed by atoms with Gasteiger partial charge in [-0.1, -0.05) is 36.4 Å². The molecule has 6 rings (SSSR count). The first kappa shape index (κ1) is 33.8. The number of sulfonamides is 1. The van der Waals surface area contributed by atoms with Gasteiger partial charge in [-0.05, 0) is 73.5 Å². The Bertz CT molecular complexity index is 2620. The predicted octanol–water partition coefficient (Wildman–Crippen LogP) is 7.50. The maximum Gasteiger partial charge on any atom is 0.363 e. The van der Waals surface area contributed by atoms with Gasteiger partial charge in [0.2, 0.25) is 10.0 Å². The average molecular weight is 721 g/mol. The molecule has 0 atom stereocenters. The fourth-order valence-corrected chi connectivity index (χ4v) is 7.49. The molecule has 49 heavy (non-hydrogen) atoms. The molecule has 5 aromatic carbocycles. The van der Waals surface area contributed by atoms with E-state index in [0.29, 0.717) is 50.7 Å². The molecule has 0 aliphatic heterocycles. The minimum Gasteiger partial charge on any atom is -0.355 e. The molecule has 6 aromatic rings. The van der Waals surface area contributed by atoms with E-state index < -0.39 is 40.1 Å². The average Bonchev–Trinajstić information content (AvgIpc) is 3.01. The highest BCUT2D eigenvalue weighted by Crippen LogP contribution is 2.42. The van der Waals surface area contributed by atoms with Gasteiger partial charge in [-0.25, -0.2) is 12.8 Å². The normalized spacial score (nSPS) is 12.3. The van der Waals surface area contributed by atoms with Gasteiger partial charge in [-0.3, -0.25) is 13.8 Å². The Balaban J connectivity index is 1.59. The minimum atomic E-state index is -5.02. The standard InChI is InChI=1S/C34H29N3O9S3/c1-20-7-6-8-21(2)34(20)36-23-12-15-26-31(18-23)46-30-17-22(35-28-9-4-5-10-29(28)37-47(3,38)39)11-14-25(30)33(26)27-16-13-24(48(40,41)42)19-32(27)49(43,44)45/h4-19,35-37H,1-3H3,(H-,40,41,42,43,44,45)/p+1. The Hall–Kier alpha value is -5.06. The highest BCUT2D eigenvalue weighted by atomic mass is 32.2. The summed E-state index contributed by atoms with van der Waals surface area (Å²) in [6.45, 7) is 3.94. The molecular formula is C34H30N3O9S3+. The van der Waals surface area contributed by atoms with E-state index in [-0.39, 0.29) is 11.1 Å². The molecule has 1 heterocycles. The highest BCUT2D eigenvalue weighted by Gasteiger charge is 2.28. The topological polar surface area (TPSA) is 190 Å². The number of nitrogens with one attached hydrogen (secondary N) is 3. The minimum absolute atomic E-state index is 0.0421. The molecule has 15 heteroatoms. The summed E-state index contributed by atoms with van der Waals surface area (Å²) in [6, 6.07) is 25.7. The molecule has 5 N–H and O–H groups in total. The summed E-state index contributed by atoms with van der Waals surface area (Å²) in [5.41, 5.74) is 5.66. The molecule has 0 radical (unpaired) electrons. The summed E-state index contributed by atoms with van der Waals surface area (Å²) in [4.78, 5) is -1.46. The van der Waals surface area contributed by atoms with Gasteiger partial charge in [0.25, 0.3) is 20.2 Å². The molecule has 0 unspecified atom stereocenters. The Kier molecular flexibility index (Phi) is 8.58. The summed E-state index contributed by atoms with van der Waals surface area (Å²) in [5, 5.41) is 7.43. The second-order valence-electron chi connectivity index (χ2n) is 11.4. The van der Waals surface area contributed by atoms with Crippen molar-refractivity contribution in [2.24, 2.45) is 0 Å². The van der Waals surface area contributed by atoms with Gasteiger partial charge in [-0.15, -0.1) is 0 Å². The first-order valence-corrected chi connectivity index (χ1v) is 19.4. The van der Waals surface area contributed by atoms with Crippen molar-refractivity contribution in [1.29, 1.82) is 0 Å². The smallest absolute Gasteiger partial charge is 0.355 e. The Morgan fingerprint density at radius 2 is 1.18 bits per heavy atom. The van der Waals surface area contributed by atoms with Crippen LogP contribution in [0.5, 0.6) is 0 Å². The highest BCUT2D eigenvalue weighted by molar-refractivity contribution is 7.92. The van der Waals surface area contributed by atoms with E-state index in [4.69, 9.17) is 4.42 Å². The van der Waals surface area contributed by atoms with Crippen molar-refractivity contribution in [2.75, 3.05) is 21.6 Å². The molecule has 0 aliphatic carbocycles. The van der Waals surface area contributed by atoms with Gasteiger partial charge >= 0.3 is 11.2 Å². The van der Waals surface area contributed by atoms with E-state index in [1.54, 1.807) is 60.7 Å². The second-order valence-corrected chi connectivity index (χ2v) is 16.0. The summed E-state index contributed by atoms with van der Waals surface area (Å²) in [6.07, 6.45) is 1.04. The molecule has 0 spiro atoms. The third-order valence-corrected chi connectivity index (χ3v) is 10.1. The summed E-state index contributed by atoms with van der Waals surface area (Å²) in [7, 11) is -13.4. The van der Waals surface area contributed by atoms with Crippen LogP contribution in [0.4, 0.5) is 28.4 Å². The molecule has 0 amide bonds. The SMILES string of the molecule is Cc1cccc(C)c1Nc1ccc2c(-c3ccc(S(=O)(=O)O)cc3S(=O)(=O)O)c3ccc(Nc4ccccc4NS(C)(=O)=O)cc3[o+]c2c1. The van der Waals surface area contributed by atoms with Crippen molar-refractivity contribution >= 4 is 80.6 Å². The third-order valence-electron chi connectivity index (χ3n) is 7.77. The van der Waals surface area contributed by atoms with E-state index in [2.05, 4.69) is 15.4 Å². The number of anilines is 5. The number of aryl methyl sites for hydroxylation is 2. The Labute approximate surface area is 283 Å². The van der Waals surface area contributed by atoms with Crippen molar-refractivity contribution in [3.8, 4) is 11.1 Å². The molecule has 0 saturated heterocycles. The summed E-state index contributed by atoms with van der Waals surface area (Å²) in [5.74, 6) is 0. The van der Waals surface area contributed by atoms with Crippen molar-refractivity contribution in [3.05, 3.63) is 108 Å². The quantitative estimate of drug-likeness (QED) is 0.0565. The lowest BCUT2D eigenvalue weighted by molar-refractivity contribution is 0.481. The van der Waals surface area contributed by atoms with Crippen molar-refractivity contribution in [1.82, 2.24) is 0 Å². The van der Waals surface area contributed by atoms with Crippen molar-refractivity contribution in [2.45, 2.75) is 23.6 Å². The zero-order valence-electron chi connectivity index (χ0n) is 26.2. The molecular weight excluding hydrogens is 691 g/mol. The van der Waals surface area contributed by atoms with E-state index >= 15 is 0 Å².